The lowest BCUT2D eigenvalue weighted by Crippen LogP contribution is -2.30. The van der Waals surface area contributed by atoms with Crippen LogP contribution in [0.1, 0.15) is 12.8 Å². The third kappa shape index (κ3) is 9.06. The van der Waals surface area contributed by atoms with E-state index in [1.807, 2.05) is 5.32 Å². The summed E-state index contributed by atoms with van der Waals surface area (Å²) >= 11 is 4.39. The van der Waals surface area contributed by atoms with E-state index in [1.165, 1.54) is 0 Å². The molecule has 0 aliphatic carbocycles. The number of thiocarbonyl (C=S) groups is 1. The maximum absolute atomic E-state index is 11.6. The Morgan fingerprint density at radius 2 is 2.00 bits per heavy atom. The fraction of sp³-hybridized carbons (Fsp3) is 0.667. The molecular weight excluding hydrogens is 205 g/mol. The predicted octanol–water partition coefficient (Wildman–Crippen LogP) is 0.731. The quantitative estimate of drug-likeness (QED) is 0.678. The fourth-order valence-electron chi connectivity index (χ4n) is 0.564. The third-order valence-corrected chi connectivity index (χ3v) is 1.21. The van der Waals surface area contributed by atoms with E-state index in [9.17, 15) is 18.0 Å². The normalized spacial score (nSPS) is 11.0. The largest absolute Gasteiger partial charge is 0.393 e. The predicted molar refractivity (Wildman–Crippen MR) is 45.1 cm³/mol. The van der Waals surface area contributed by atoms with Gasteiger partial charge in [0.2, 0.25) is 5.91 Å². The number of hydrogen-bond acceptors (Lipinski definition) is 2. The van der Waals surface area contributed by atoms with Gasteiger partial charge in [-0.05, 0) is 0 Å². The van der Waals surface area contributed by atoms with Crippen LogP contribution in [0.25, 0.3) is 0 Å². The van der Waals surface area contributed by atoms with E-state index < -0.39 is 25.0 Å². The maximum atomic E-state index is 11.6. The van der Waals surface area contributed by atoms with Crippen LogP contribution in [-0.4, -0.2) is 23.6 Å². The number of halogens is 3. The molecule has 0 bridgehead atoms. The van der Waals surface area contributed by atoms with Gasteiger partial charge in [-0.25, -0.2) is 0 Å². The SMILES string of the molecule is NC(=S)CC(=O)NCCC(F)(F)F. The van der Waals surface area contributed by atoms with Crippen molar-refractivity contribution in [1.29, 1.82) is 0 Å². The Morgan fingerprint density at radius 1 is 1.46 bits per heavy atom. The van der Waals surface area contributed by atoms with Crippen molar-refractivity contribution in [3.05, 3.63) is 0 Å². The summed E-state index contributed by atoms with van der Waals surface area (Å²) in [4.78, 5) is 10.7. The first kappa shape index (κ1) is 12.2. The highest BCUT2D eigenvalue weighted by Crippen LogP contribution is 2.17. The van der Waals surface area contributed by atoms with Gasteiger partial charge >= 0.3 is 6.18 Å². The molecule has 0 atom stereocenters. The van der Waals surface area contributed by atoms with Gasteiger partial charge in [0.1, 0.15) is 0 Å². The van der Waals surface area contributed by atoms with Gasteiger partial charge in [0.05, 0.1) is 17.8 Å². The highest BCUT2D eigenvalue weighted by Gasteiger charge is 2.26. The monoisotopic (exact) mass is 214 g/mol. The average Bonchev–Trinajstić information content (AvgIpc) is 1.81. The molecule has 0 spiro atoms. The minimum atomic E-state index is -4.25. The summed E-state index contributed by atoms with van der Waals surface area (Å²) in [6, 6.07) is 0. The molecule has 0 saturated carbocycles. The van der Waals surface area contributed by atoms with Crippen LogP contribution in [0.3, 0.4) is 0 Å². The molecule has 0 heterocycles. The molecule has 3 N–H and O–H groups in total. The number of nitrogens with two attached hydrogens (primary N) is 1. The Labute approximate surface area is 78.5 Å². The van der Waals surface area contributed by atoms with Crippen LogP contribution < -0.4 is 11.1 Å². The highest BCUT2D eigenvalue weighted by atomic mass is 32.1. The second-order valence-corrected chi connectivity index (χ2v) is 2.88. The molecule has 13 heavy (non-hydrogen) atoms. The molecule has 0 unspecified atom stereocenters. The van der Waals surface area contributed by atoms with Crippen molar-refractivity contribution in [3.8, 4) is 0 Å². The molecule has 0 saturated heterocycles. The van der Waals surface area contributed by atoms with Gasteiger partial charge in [-0.3, -0.25) is 4.79 Å². The lowest BCUT2D eigenvalue weighted by molar-refractivity contribution is -0.135. The molecule has 0 aromatic rings. The zero-order chi connectivity index (χ0) is 10.5. The lowest BCUT2D eigenvalue weighted by Gasteiger charge is -2.06. The van der Waals surface area contributed by atoms with Crippen molar-refractivity contribution in [2.24, 2.45) is 5.73 Å². The number of hydrogen-bond donors (Lipinski definition) is 2. The first-order valence-electron chi connectivity index (χ1n) is 3.43. The summed E-state index contributed by atoms with van der Waals surface area (Å²) in [6.07, 6.45) is -5.51. The summed E-state index contributed by atoms with van der Waals surface area (Å²) < 4.78 is 34.7. The van der Waals surface area contributed by atoms with E-state index in [-0.39, 0.29) is 11.4 Å². The zero-order valence-corrected chi connectivity index (χ0v) is 7.47. The number of nitrogens with one attached hydrogen (secondary N) is 1. The number of carbonyl (C=O) groups excluding carboxylic acids is 1. The maximum Gasteiger partial charge on any atom is 0.390 e. The van der Waals surface area contributed by atoms with Crippen molar-refractivity contribution in [2.75, 3.05) is 6.54 Å². The van der Waals surface area contributed by atoms with Crippen LogP contribution in [0.5, 0.6) is 0 Å². The standard InChI is InChI=1S/C6H9F3N2OS/c7-6(8,9)1-2-11-5(12)3-4(10)13/h1-3H2,(H2,10,13)(H,11,12). The molecule has 7 heteroatoms. The smallest absolute Gasteiger partial charge is 0.390 e. The Bertz CT molecular complexity index is 205. The van der Waals surface area contributed by atoms with E-state index in [4.69, 9.17) is 5.73 Å². The van der Waals surface area contributed by atoms with Crippen molar-refractivity contribution >= 4 is 23.1 Å². The van der Waals surface area contributed by atoms with E-state index in [0.717, 1.165) is 0 Å². The van der Waals surface area contributed by atoms with Crippen molar-refractivity contribution in [2.45, 2.75) is 19.0 Å². The second-order valence-electron chi connectivity index (χ2n) is 2.36. The number of alkyl halides is 3. The van der Waals surface area contributed by atoms with Gasteiger partial charge < -0.3 is 11.1 Å². The molecule has 0 aromatic carbocycles. The second kappa shape index (κ2) is 5.00. The average molecular weight is 214 g/mol. The summed E-state index contributed by atoms with van der Waals surface area (Å²) in [7, 11) is 0. The topological polar surface area (TPSA) is 55.1 Å². The highest BCUT2D eigenvalue weighted by molar-refractivity contribution is 7.80. The Morgan fingerprint density at radius 3 is 2.38 bits per heavy atom. The van der Waals surface area contributed by atoms with Crippen molar-refractivity contribution in [1.82, 2.24) is 5.32 Å². The van der Waals surface area contributed by atoms with Crippen LogP contribution in [0.2, 0.25) is 0 Å². The first-order chi connectivity index (χ1) is 5.81. The first-order valence-corrected chi connectivity index (χ1v) is 3.84. The van der Waals surface area contributed by atoms with Gasteiger partial charge in [-0.1, -0.05) is 12.2 Å². The van der Waals surface area contributed by atoms with Crippen LogP contribution >= 0.6 is 12.2 Å². The van der Waals surface area contributed by atoms with E-state index >= 15 is 0 Å². The molecule has 0 radical (unpaired) electrons. The molecule has 0 aromatic heterocycles. The molecular formula is C6H9F3N2OS. The van der Waals surface area contributed by atoms with E-state index in [2.05, 4.69) is 12.2 Å². The van der Waals surface area contributed by atoms with Gasteiger partial charge in [-0.2, -0.15) is 13.2 Å². The van der Waals surface area contributed by atoms with Crippen LogP contribution in [0, 0.1) is 0 Å². The van der Waals surface area contributed by atoms with Crippen molar-refractivity contribution < 1.29 is 18.0 Å². The summed E-state index contributed by atoms with van der Waals surface area (Å²) in [5.74, 6) is -0.586. The Kier molecular flexibility index (Phi) is 4.68. The molecule has 1 amide bonds. The zero-order valence-electron chi connectivity index (χ0n) is 6.65. The summed E-state index contributed by atoms with van der Waals surface area (Å²) in [5.41, 5.74) is 5.00. The van der Waals surface area contributed by atoms with Crippen LogP contribution in [0.4, 0.5) is 13.2 Å². The summed E-state index contributed by atoms with van der Waals surface area (Å²) in [6.45, 7) is -0.440. The van der Waals surface area contributed by atoms with Gasteiger partial charge in [-0.15, -0.1) is 0 Å². The molecule has 0 fully saturated rings. The third-order valence-electron chi connectivity index (χ3n) is 1.07. The number of carbonyl (C=O) groups is 1. The molecule has 76 valence electrons. The molecule has 0 aliphatic rings. The van der Waals surface area contributed by atoms with Gasteiger partial charge in [0.25, 0.3) is 0 Å². The van der Waals surface area contributed by atoms with E-state index in [1.54, 1.807) is 0 Å². The molecule has 3 nitrogen and oxygen atoms in total. The Hall–Kier alpha value is -0.850. The van der Waals surface area contributed by atoms with Crippen LogP contribution in [-0.2, 0) is 4.79 Å². The van der Waals surface area contributed by atoms with Gasteiger partial charge in [0, 0.05) is 6.54 Å². The minimum absolute atomic E-state index is 0.0375. The molecule has 0 rings (SSSR count). The summed E-state index contributed by atoms with van der Waals surface area (Å²) in [5, 5.41) is 2.04. The number of amides is 1. The van der Waals surface area contributed by atoms with E-state index in [0.29, 0.717) is 0 Å². The number of rotatable bonds is 4. The Balaban J connectivity index is 3.54. The van der Waals surface area contributed by atoms with Crippen molar-refractivity contribution in [3.63, 3.8) is 0 Å². The fourth-order valence-corrected chi connectivity index (χ4v) is 0.695. The van der Waals surface area contributed by atoms with Gasteiger partial charge in [0.15, 0.2) is 0 Å². The lowest BCUT2D eigenvalue weighted by atomic mass is 10.3. The molecule has 0 aliphatic heterocycles. The van der Waals surface area contributed by atoms with Crippen LogP contribution in [0.15, 0.2) is 0 Å². The minimum Gasteiger partial charge on any atom is -0.393 e.